The Hall–Kier alpha value is -4.52. The molecule has 1 aromatic carbocycles. The third kappa shape index (κ3) is 14.0. The number of anilines is 1. The van der Waals surface area contributed by atoms with E-state index in [2.05, 4.69) is 35.9 Å². The van der Waals surface area contributed by atoms with Crippen LogP contribution in [0.3, 0.4) is 0 Å². The van der Waals surface area contributed by atoms with Crippen molar-refractivity contribution < 1.29 is 33.4 Å². The fourth-order valence-electron chi connectivity index (χ4n) is 6.14. The highest BCUT2D eigenvalue weighted by atomic mass is 16.5. The SMILES string of the molecule is CCN(CCN1CCOCCN(CCN(CC)CC(=O)Nc2ccc3c(C)cc(=O)[nH]c3c2)CCOCC1)CC(=O)NNC(=O)CCN1C(=O)C=CC1=O. The molecule has 0 atom stereocenters. The number of nitrogens with one attached hydrogen (secondary N) is 4. The Morgan fingerprint density at radius 2 is 1.28 bits per heavy atom. The molecule has 0 radical (unpaired) electrons. The number of hydrogen-bond acceptors (Lipinski definition) is 12. The first kappa shape index (κ1) is 42.2. The van der Waals surface area contributed by atoms with Crippen LogP contribution < -0.4 is 21.7 Å². The van der Waals surface area contributed by atoms with Crippen LogP contribution in [0.15, 0.2) is 41.2 Å². The molecule has 17 heteroatoms. The molecule has 0 spiro atoms. The van der Waals surface area contributed by atoms with Gasteiger partial charge < -0.3 is 19.8 Å². The molecule has 1 saturated heterocycles. The minimum atomic E-state index is -0.501. The topological polar surface area (TPSA) is 189 Å². The average molecular weight is 754 g/mol. The number of rotatable bonds is 16. The van der Waals surface area contributed by atoms with Gasteiger partial charge in [0.15, 0.2) is 0 Å². The van der Waals surface area contributed by atoms with Crippen LogP contribution in [-0.2, 0) is 33.4 Å². The van der Waals surface area contributed by atoms with E-state index in [0.717, 1.165) is 54.2 Å². The molecule has 0 bridgehead atoms. The van der Waals surface area contributed by atoms with Crippen LogP contribution in [0, 0.1) is 6.92 Å². The summed E-state index contributed by atoms with van der Waals surface area (Å²) in [7, 11) is 0. The van der Waals surface area contributed by atoms with Crippen molar-refractivity contribution in [1.29, 1.82) is 0 Å². The number of aryl methyl sites for hydroxylation is 1. The molecule has 0 aliphatic carbocycles. The summed E-state index contributed by atoms with van der Waals surface area (Å²) in [6, 6.07) is 7.09. The summed E-state index contributed by atoms with van der Waals surface area (Å²) < 4.78 is 12.0. The summed E-state index contributed by atoms with van der Waals surface area (Å²) >= 11 is 0. The molecule has 4 N–H and O–H groups in total. The monoisotopic (exact) mass is 753 g/mol. The first-order chi connectivity index (χ1) is 26.0. The standard InChI is InChI=1S/C37H55N9O8/c1-4-42(26-34(49)38-29-6-7-30-28(3)24-33(48)39-31(30)25-29)12-14-44-16-20-53-22-18-45(19-23-54-21-17-44)15-13-43(5-2)27-35(50)41-40-32(47)10-11-46-36(51)8-9-37(46)52/h6-9,24-25H,4-5,10-23,26-27H2,1-3H3,(H,38,49)(H,39,48)(H,40,47)(H,41,50). The van der Waals surface area contributed by atoms with Gasteiger partial charge in [-0.1, -0.05) is 19.9 Å². The van der Waals surface area contributed by atoms with Gasteiger partial charge in [0.25, 0.3) is 17.7 Å². The number of aromatic nitrogens is 1. The maximum atomic E-state index is 12.9. The van der Waals surface area contributed by atoms with Crippen molar-refractivity contribution in [3.8, 4) is 0 Å². The minimum absolute atomic E-state index is 0.0603. The number of fused-ring (bicyclic) bond motifs is 1. The zero-order valence-electron chi connectivity index (χ0n) is 31.7. The fourth-order valence-corrected chi connectivity index (χ4v) is 6.14. The molecule has 1 fully saturated rings. The number of benzene rings is 1. The van der Waals surface area contributed by atoms with Crippen LogP contribution in [0.4, 0.5) is 5.69 Å². The third-order valence-corrected chi connectivity index (χ3v) is 9.44. The van der Waals surface area contributed by atoms with Crippen molar-refractivity contribution >= 4 is 46.1 Å². The molecule has 5 amide bonds. The minimum Gasteiger partial charge on any atom is -0.379 e. The zero-order valence-corrected chi connectivity index (χ0v) is 31.7. The highest BCUT2D eigenvalue weighted by molar-refractivity contribution is 6.13. The maximum absolute atomic E-state index is 12.9. The second kappa shape index (κ2) is 22.0. The Kier molecular flexibility index (Phi) is 17.2. The van der Waals surface area contributed by atoms with Gasteiger partial charge in [0.1, 0.15) is 0 Å². The van der Waals surface area contributed by atoms with E-state index in [4.69, 9.17) is 9.47 Å². The second-order valence-electron chi connectivity index (χ2n) is 13.3. The lowest BCUT2D eigenvalue weighted by molar-refractivity contribution is -0.137. The van der Waals surface area contributed by atoms with Gasteiger partial charge >= 0.3 is 0 Å². The summed E-state index contributed by atoms with van der Waals surface area (Å²) in [4.78, 5) is 85.1. The lowest BCUT2D eigenvalue weighted by Gasteiger charge is -2.29. The van der Waals surface area contributed by atoms with Crippen LogP contribution >= 0.6 is 0 Å². The molecule has 1 aromatic heterocycles. The van der Waals surface area contributed by atoms with Crippen LogP contribution in [-0.4, -0.2) is 171 Å². The van der Waals surface area contributed by atoms with E-state index in [1.165, 1.54) is 0 Å². The Morgan fingerprint density at radius 1 is 0.741 bits per heavy atom. The van der Waals surface area contributed by atoms with Crippen LogP contribution in [0.2, 0.25) is 0 Å². The van der Waals surface area contributed by atoms with E-state index in [0.29, 0.717) is 76.9 Å². The molecular formula is C37H55N9O8. The van der Waals surface area contributed by atoms with Gasteiger partial charge in [0.05, 0.1) is 45.0 Å². The van der Waals surface area contributed by atoms with Crippen molar-refractivity contribution in [2.45, 2.75) is 27.2 Å². The molecule has 0 unspecified atom stereocenters. The number of nitrogens with zero attached hydrogens (tertiary/aromatic N) is 5. The van der Waals surface area contributed by atoms with Crippen molar-refractivity contribution in [3.63, 3.8) is 0 Å². The van der Waals surface area contributed by atoms with Gasteiger partial charge in [-0.3, -0.25) is 64.1 Å². The summed E-state index contributed by atoms with van der Waals surface area (Å²) in [5, 5.41) is 3.90. The molecule has 3 heterocycles. The number of likely N-dealkylation sites (N-methyl/N-ethyl adjacent to an activating group) is 2. The van der Waals surface area contributed by atoms with E-state index < -0.39 is 17.7 Å². The summed E-state index contributed by atoms with van der Waals surface area (Å²) in [5.74, 6) is -1.91. The van der Waals surface area contributed by atoms with E-state index in [9.17, 15) is 28.8 Å². The summed E-state index contributed by atoms with van der Waals surface area (Å²) in [5.41, 5.74) is 6.79. The van der Waals surface area contributed by atoms with Gasteiger partial charge in [-0.2, -0.15) is 0 Å². The highest BCUT2D eigenvalue weighted by Gasteiger charge is 2.24. The summed E-state index contributed by atoms with van der Waals surface area (Å²) in [6.07, 6.45) is 2.20. The number of pyridine rings is 1. The van der Waals surface area contributed by atoms with Crippen LogP contribution in [0.25, 0.3) is 10.9 Å². The van der Waals surface area contributed by atoms with Gasteiger partial charge in [-0.05, 0) is 37.7 Å². The molecule has 54 heavy (non-hydrogen) atoms. The average Bonchev–Trinajstić information content (AvgIpc) is 3.46. The molecule has 296 valence electrons. The number of ether oxygens (including phenoxy) is 2. The van der Waals surface area contributed by atoms with Gasteiger partial charge in [0, 0.05) is 94.6 Å². The number of carbonyl (C=O) groups is 5. The van der Waals surface area contributed by atoms with Gasteiger partial charge in [0.2, 0.25) is 17.4 Å². The molecule has 17 nitrogen and oxygen atoms in total. The third-order valence-electron chi connectivity index (χ3n) is 9.44. The van der Waals surface area contributed by atoms with Crippen LogP contribution in [0.1, 0.15) is 25.8 Å². The molecule has 0 saturated carbocycles. The smallest absolute Gasteiger partial charge is 0.253 e. The van der Waals surface area contributed by atoms with Crippen molar-refractivity contribution in [3.05, 3.63) is 52.3 Å². The Morgan fingerprint density at radius 3 is 1.83 bits per heavy atom. The number of carbonyl (C=O) groups excluding carboxylic acids is 5. The maximum Gasteiger partial charge on any atom is 0.253 e. The lowest BCUT2D eigenvalue weighted by Crippen LogP contribution is -2.48. The van der Waals surface area contributed by atoms with Gasteiger partial charge in [-0.25, -0.2) is 0 Å². The van der Waals surface area contributed by atoms with Crippen molar-refractivity contribution in [1.82, 2.24) is 40.3 Å². The zero-order chi connectivity index (χ0) is 38.9. The molecule has 2 aliphatic rings. The number of hydrazine groups is 1. The van der Waals surface area contributed by atoms with E-state index in [1.807, 2.05) is 37.8 Å². The van der Waals surface area contributed by atoms with Gasteiger partial charge in [-0.15, -0.1) is 0 Å². The first-order valence-corrected chi connectivity index (χ1v) is 18.6. The predicted molar refractivity (Wildman–Crippen MR) is 203 cm³/mol. The molecular weight excluding hydrogens is 698 g/mol. The predicted octanol–water partition coefficient (Wildman–Crippen LogP) is -0.468. The highest BCUT2D eigenvalue weighted by Crippen LogP contribution is 2.19. The Labute approximate surface area is 315 Å². The van der Waals surface area contributed by atoms with Crippen molar-refractivity contribution in [2.75, 3.05) is 117 Å². The quantitative estimate of drug-likeness (QED) is 0.128. The summed E-state index contributed by atoms with van der Waals surface area (Å²) in [6.45, 7) is 15.5. The fraction of sp³-hybridized carbons (Fsp3) is 0.568. The van der Waals surface area contributed by atoms with Crippen LogP contribution in [0.5, 0.6) is 0 Å². The van der Waals surface area contributed by atoms with E-state index >= 15 is 0 Å². The van der Waals surface area contributed by atoms with E-state index in [1.54, 1.807) is 12.1 Å². The number of amides is 5. The lowest BCUT2D eigenvalue weighted by atomic mass is 10.1. The number of imide groups is 1. The molecule has 4 rings (SSSR count). The molecule has 2 aromatic rings. The normalized spacial score (nSPS) is 16.5. The number of H-pyrrole nitrogens is 1. The molecule has 2 aliphatic heterocycles. The number of aromatic amines is 1. The Balaban J connectivity index is 1.11. The van der Waals surface area contributed by atoms with Crippen molar-refractivity contribution in [2.24, 2.45) is 0 Å². The Bertz CT molecular complexity index is 1650. The van der Waals surface area contributed by atoms with E-state index in [-0.39, 0.29) is 43.4 Å². The first-order valence-electron chi connectivity index (χ1n) is 18.6. The second-order valence-corrected chi connectivity index (χ2v) is 13.3. The largest absolute Gasteiger partial charge is 0.379 e. The number of hydrogen-bond donors (Lipinski definition) is 4.